The Morgan fingerprint density at radius 2 is 2.18 bits per heavy atom. The minimum Gasteiger partial charge on any atom is -0.312 e. The molecule has 0 aromatic heterocycles. The van der Waals surface area contributed by atoms with E-state index in [1.54, 1.807) is 0 Å². The number of hydrogen-bond donors (Lipinski definition) is 1. The molecule has 0 unspecified atom stereocenters. The number of hydrogen-bond acceptors (Lipinski definition) is 3. The minimum atomic E-state index is -0.182. The van der Waals surface area contributed by atoms with E-state index in [-0.39, 0.29) is 17.6 Å². The van der Waals surface area contributed by atoms with Crippen molar-refractivity contribution < 1.29 is 9.59 Å². The number of halogens is 1. The fourth-order valence-electron chi connectivity index (χ4n) is 1.84. The Morgan fingerprint density at radius 1 is 1.41 bits per heavy atom. The molecule has 5 heteroatoms. The van der Waals surface area contributed by atoms with Crippen LogP contribution in [0.1, 0.15) is 27.9 Å². The fraction of sp³-hybridized carbons (Fsp3) is 0.250. The maximum absolute atomic E-state index is 11.7. The second kappa shape index (κ2) is 4.94. The highest BCUT2D eigenvalue weighted by atomic mass is 35.5. The van der Waals surface area contributed by atoms with Gasteiger partial charge in [0.05, 0.1) is 11.4 Å². The van der Waals surface area contributed by atoms with Crippen molar-refractivity contribution in [1.82, 2.24) is 5.32 Å². The molecule has 0 radical (unpaired) electrons. The van der Waals surface area contributed by atoms with Crippen molar-refractivity contribution in [2.24, 2.45) is 0 Å². The van der Waals surface area contributed by atoms with Gasteiger partial charge in [-0.15, -0.1) is 11.6 Å². The van der Waals surface area contributed by atoms with Gasteiger partial charge in [0.15, 0.2) is 0 Å². The van der Waals surface area contributed by atoms with Crippen molar-refractivity contribution in [3.05, 3.63) is 34.9 Å². The number of Topliss-reactive ketones (excluding diaryl/α,β-unsaturated/α-hetero) is 1. The Labute approximate surface area is 109 Å². The first-order valence-electron chi connectivity index (χ1n) is 5.18. The third-order valence-electron chi connectivity index (χ3n) is 2.67. The number of thiocarbonyl (C=S) groups is 1. The highest BCUT2D eigenvalue weighted by Crippen LogP contribution is 2.21. The predicted octanol–water partition coefficient (Wildman–Crippen LogP) is 1.85. The lowest BCUT2D eigenvalue weighted by Crippen LogP contribution is -2.19. The fourth-order valence-corrected chi connectivity index (χ4v) is 2.24. The maximum Gasteiger partial charge on any atom is 0.257 e. The molecule has 1 heterocycles. The number of nitrogens with one attached hydrogen (secondary N) is 1. The molecule has 1 N–H and O–H groups in total. The number of fused-ring (bicyclic) bond motifs is 1. The van der Waals surface area contributed by atoms with Crippen LogP contribution in [0, 0.1) is 0 Å². The number of carbonyl (C=O) groups excluding carboxylic acids is 2. The molecule has 88 valence electrons. The zero-order valence-corrected chi connectivity index (χ0v) is 10.5. The molecule has 1 amide bonds. The molecule has 3 nitrogen and oxygen atoms in total. The van der Waals surface area contributed by atoms with Crippen LogP contribution >= 0.6 is 23.8 Å². The van der Waals surface area contributed by atoms with E-state index in [1.807, 2.05) is 18.2 Å². The smallest absolute Gasteiger partial charge is 0.257 e. The van der Waals surface area contributed by atoms with Crippen molar-refractivity contribution >= 4 is 40.5 Å². The van der Waals surface area contributed by atoms with Crippen molar-refractivity contribution in [3.8, 4) is 0 Å². The molecule has 17 heavy (non-hydrogen) atoms. The Bertz CT molecular complexity index is 513. The van der Waals surface area contributed by atoms with Gasteiger partial charge in [0.1, 0.15) is 10.8 Å². The van der Waals surface area contributed by atoms with Crippen LogP contribution < -0.4 is 5.32 Å². The summed E-state index contributed by atoms with van der Waals surface area (Å²) in [5.41, 5.74) is 2.19. The largest absolute Gasteiger partial charge is 0.312 e. The third kappa shape index (κ3) is 2.37. The highest BCUT2D eigenvalue weighted by Gasteiger charge is 2.26. The summed E-state index contributed by atoms with van der Waals surface area (Å²) in [7, 11) is 0. The molecule has 1 aromatic carbocycles. The van der Waals surface area contributed by atoms with Crippen LogP contribution in [0.25, 0.3) is 0 Å². The summed E-state index contributed by atoms with van der Waals surface area (Å²) in [6, 6.07) is 5.49. The summed E-state index contributed by atoms with van der Waals surface area (Å²) in [5, 5.41) is 2.61. The Hall–Kier alpha value is -1.26. The molecule has 0 saturated heterocycles. The van der Waals surface area contributed by atoms with Crippen molar-refractivity contribution in [2.45, 2.75) is 12.8 Å². The van der Waals surface area contributed by atoms with Crippen LogP contribution in [0.4, 0.5) is 0 Å². The molecule has 2 rings (SSSR count). The summed E-state index contributed by atoms with van der Waals surface area (Å²) < 4.78 is 0. The lowest BCUT2D eigenvalue weighted by atomic mass is 9.98. The molecule has 1 aromatic rings. The van der Waals surface area contributed by atoms with Crippen LogP contribution in [-0.4, -0.2) is 22.6 Å². The zero-order valence-electron chi connectivity index (χ0n) is 8.96. The highest BCUT2D eigenvalue weighted by molar-refractivity contribution is 7.80. The molecule has 0 aliphatic carbocycles. The Kier molecular flexibility index (Phi) is 3.54. The second-order valence-corrected chi connectivity index (χ2v) is 4.47. The van der Waals surface area contributed by atoms with Gasteiger partial charge in [-0.25, -0.2) is 0 Å². The number of amides is 1. The summed E-state index contributed by atoms with van der Waals surface area (Å²) in [6.45, 7) is 0. The summed E-state index contributed by atoms with van der Waals surface area (Å²) in [5.74, 6) is -0.191. The van der Waals surface area contributed by atoms with E-state index < -0.39 is 0 Å². The first-order valence-corrected chi connectivity index (χ1v) is 6.13. The van der Waals surface area contributed by atoms with Gasteiger partial charge >= 0.3 is 0 Å². The lowest BCUT2D eigenvalue weighted by Gasteiger charge is -2.04. The quantitative estimate of drug-likeness (QED) is 0.669. The molecule has 0 saturated carbocycles. The van der Waals surface area contributed by atoms with Crippen LogP contribution in [-0.2, 0) is 11.2 Å². The van der Waals surface area contributed by atoms with E-state index in [1.165, 1.54) is 0 Å². The van der Waals surface area contributed by atoms with Gasteiger partial charge in [-0.05, 0) is 12.0 Å². The number of carbonyl (C=O) groups is 2. The number of alkyl halides is 1. The molecule has 1 aliphatic rings. The first-order chi connectivity index (χ1) is 8.13. The molecular weight excluding hydrogens is 258 g/mol. The molecule has 0 atom stereocenters. The van der Waals surface area contributed by atoms with Gasteiger partial charge in [0.2, 0.25) is 0 Å². The van der Waals surface area contributed by atoms with E-state index in [9.17, 15) is 9.59 Å². The number of benzene rings is 1. The van der Waals surface area contributed by atoms with Crippen LogP contribution in [0.5, 0.6) is 0 Å². The summed E-state index contributed by atoms with van der Waals surface area (Å²) in [6.07, 6.45) is 0.866. The molecule has 0 fully saturated rings. The number of rotatable bonds is 4. The third-order valence-corrected chi connectivity index (χ3v) is 3.29. The van der Waals surface area contributed by atoms with E-state index >= 15 is 0 Å². The Balaban J connectivity index is 2.28. The maximum atomic E-state index is 11.7. The SMILES string of the molecule is O=C(CCl)CCc1cccc2c1C(=O)NC2=S. The van der Waals surface area contributed by atoms with Gasteiger partial charge in [-0.2, -0.15) is 0 Å². The van der Waals surface area contributed by atoms with Crippen LogP contribution in [0.3, 0.4) is 0 Å². The normalized spacial score (nSPS) is 13.5. The van der Waals surface area contributed by atoms with E-state index in [0.717, 1.165) is 11.1 Å². The first kappa shape index (κ1) is 12.2. The van der Waals surface area contributed by atoms with Crippen molar-refractivity contribution in [3.63, 3.8) is 0 Å². The Morgan fingerprint density at radius 3 is 2.88 bits per heavy atom. The zero-order chi connectivity index (χ0) is 12.4. The van der Waals surface area contributed by atoms with Gasteiger partial charge in [0, 0.05) is 12.0 Å². The minimum absolute atomic E-state index is 0.0135. The molecule has 0 bridgehead atoms. The second-order valence-electron chi connectivity index (χ2n) is 3.80. The van der Waals surface area contributed by atoms with E-state index in [0.29, 0.717) is 23.4 Å². The lowest BCUT2D eigenvalue weighted by molar-refractivity contribution is -0.116. The van der Waals surface area contributed by atoms with Gasteiger partial charge in [-0.1, -0.05) is 30.4 Å². The van der Waals surface area contributed by atoms with E-state index in [2.05, 4.69) is 5.32 Å². The van der Waals surface area contributed by atoms with Gasteiger partial charge < -0.3 is 5.32 Å². The monoisotopic (exact) mass is 267 g/mol. The summed E-state index contributed by atoms with van der Waals surface area (Å²) >= 11 is 10.5. The average Bonchev–Trinajstić information content (AvgIpc) is 2.63. The molecule has 0 spiro atoms. The van der Waals surface area contributed by atoms with Gasteiger partial charge in [0.25, 0.3) is 5.91 Å². The van der Waals surface area contributed by atoms with Crippen LogP contribution in [0.2, 0.25) is 0 Å². The van der Waals surface area contributed by atoms with Crippen molar-refractivity contribution in [2.75, 3.05) is 5.88 Å². The van der Waals surface area contributed by atoms with Gasteiger partial charge in [-0.3, -0.25) is 9.59 Å². The number of aryl methyl sites for hydroxylation is 1. The topological polar surface area (TPSA) is 46.2 Å². The number of ketones is 1. The van der Waals surface area contributed by atoms with E-state index in [4.69, 9.17) is 23.8 Å². The molecule has 1 aliphatic heterocycles. The summed E-state index contributed by atoms with van der Waals surface area (Å²) in [4.78, 5) is 23.3. The van der Waals surface area contributed by atoms with Crippen LogP contribution in [0.15, 0.2) is 18.2 Å². The predicted molar refractivity (Wildman–Crippen MR) is 69.7 cm³/mol. The average molecular weight is 268 g/mol. The standard InChI is InChI=1S/C12H10ClNO2S/c13-6-8(15)5-4-7-2-1-3-9-10(7)11(16)14-12(9)17/h1-3H,4-6H2,(H,14,16,17). The molecular formula is C12H10ClNO2S. The van der Waals surface area contributed by atoms with Crippen molar-refractivity contribution in [1.29, 1.82) is 0 Å².